The molecule has 0 saturated heterocycles. The number of hydrogen-bond acceptors (Lipinski definition) is 5. The predicted molar refractivity (Wildman–Crippen MR) is 97.4 cm³/mol. The van der Waals surface area contributed by atoms with Gasteiger partial charge in [-0.2, -0.15) is 13.2 Å². The molecule has 0 aliphatic heterocycles. The fourth-order valence-electron chi connectivity index (χ4n) is 2.07. The second-order valence-electron chi connectivity index (χ2n) is 5.45. The zero-order valence-electron chi connectivity index (χ0n) is 14.3. The van der Waals surface area contributed by atoms with Crippen molar-refractivity contribution in [3.05, 3.63) is 48.2 Å². The van der Waals surface area contributed by atoms with E-state index in [1.807, 2.05) is 0 Å². The van der Waals surface area contributed by atoms with Crippen molar-refractivity contribution in [3.63, 3.8) is 0 Å². The number of anilines is 1. The highest BCUT2D eigenvalue weighted by molar-refractivity contribution is 8.00. The average molecular weight is 418 g/mol. The molecule has 1 N–H and O–H groups in total. The van der Waals surface area contributed by atoms with Crippen LogP contribution in [0.3, 0.4) is 0 Å². The Labute approximate surface area is 159 Å². The first-order valence-corrected chi connectivity index (χ1v) is 10.5. The molecule has 5 nitrogen and oxygen atoms in total. The van der Waals surface area contributed by atoms with Crippen molar-refractivity contribution < 1.29 is 26.4 Å². The maximum atomic E-state index is 12.8. The molecule has 27 heavy (non-hydrogen) atoms. The van der Waals surface area contributed by atoms with Crippen LogP contribution in [-0.2, 0) is 20.8 Å². The summed E-state index contributed by atoms with van der Waals surface area (Å²) in [7, 11) is -3.89. The number of nitrogens with one attached hydrogen (secondary N) is 1. The Hall–Kier alpha value is -2.07. The maximum Gasteiger partial charge on any atom is 0.416 e. The van der Waals surface area contributed by atoms with E-state index in [2.05, 4.69) is 10.3 Å². The van der Waals surface area contributed by atoms with Crippen LogP contribution in [-0.4, -0.2) is 30.8 Å². The third-order valence-electron chi connectivity index (χ3n) is 3.48. The molecule has 1 heterocycles. The van der Waals surface area contributed by atoms with Crippen molar-refractivity contribution in [2.45, 2.75) is 29.4 Å². The van der Waals surface area contributed by atoms with Crippen LogP contribution < -0.4 is 5.32 Å². The van der Waals surface area contributed by atoms with E-state index in [0.29, 0.717) is 16.8 Å². The van der Waals surface area contributed by atoms with E-state index in [0.717, 1.165) is 30.0 Å². The number of nitrogens with zero attached hydrogens (tertiary/aromatic N) is 1. The summed E-state index contributed by atoms with van der Waals surface area (Å²) in [4.78, 5) is 15.3. The van der Waals surface area contributed by atoms with Gasteiger partial charge in [0.2, 0.25) is 5.91 Å². The summed E-state index contributed by atoms with van der Waals surface area (Å²) in [5.74, 6) is -0.497. The molecule has 2 aromatic rings. The highest BCUT2D eigenvalue weighted by Crippen LogP contribution is 2.31. The van der Waals surface area contributed by atoms with Crippen LogP contribution in [0, 0.1) is 0 Å². The second kappa shape index (κ2) is 8.75. The van der Waals surface area contributed by atoms with Gasteiger partial charge in [-0.3, -0.25) is 4.79 Å². The van der Waals surface area contributed by atoms with Gasteiger partial charge in [0.05, 0.1) is 21.9 Å². The standard InChI is InChI=1S/C17H17F3N2O3S2/c1-2-15(23)22-14-7-4-8-21-16(14)26-9-10-27(24,25)13-6-3-5-12(11-13)17(18,19)20/h3-8,11H,2,9-10H2,1H3,(H,22,23). The van der Waals surface area contributed by atoms with Crippen molar-refractivity contribution in [1.82, 2.24) is 4.98 Å². The summed E-state index contributed by atoms with van der Waals surface area (Å²) in [6, 6.07) is 6.94. The molecule has 10 heteroatoms. The van der Waals surface area contributed by atoms with Crippen LogP contribution in [0.4, 0.5) is 18.9 Å². The molecule has 0 aliphatic carbocycles. The number of alkyl halides is 3. The van der Waals surface area contributed by atoms with Crippen molar-refractivity contribution in [2.24, 2.45) is 0 Å². The van der Waals surface area contributed by atoms with Crippen LogP contribution in [0.25, 0.3) is 0 Å². The van der Waals surface area contributed by atoms with Gasteiger partial charge in [0.15, 0.2) is 9.84 Å². The Morgan fingerprint density at radius 1 is 1.22 bits per heavy atom. The van der Waals surface area contributed by atoms with Crippen LogP contribution in [0.15, 0.2) is 52.5 Å². The van der Waals surface area contributed by atoms with Crippen LogP contribution in [0.1, 0.15) is 18.9 Å². The molecule has 0 radical (unpaired) electrons. The minimum atomic E-state index is -4.61. The van der Waals surface area contributed by atoms with Gasteiger partial charge in [0.25, 0.3) is 0 Å². The quantitative estimate of drug-likeness (QED) is 0.688. The van der Waals surface area contributed by atoms with Crippen LogP contribution in [0.5, 0.6) is 0 Å². The highest BCUT2D eigenvalue weighted by atomic mass is 32.2. The number of amides is 1. The molecule has 0 unspecified atom stereocenters. The largest absolute Gasteiger partial charge is 0.416 e. The third-order valence-corrected chi connectivity index (χ3v) is 6.46. The Morgan fingerprint density at radius 3 is 2.63 bits per heavy atom. The lowest BCUT2D eigenvalue weighted by atomic mass is 10.2. The molecule has 0 atom stereocenters. The van der Waals surface area contributed by atoms with E-state index in [9.17, 15) is 26.4 Å². The monoisotopic (exact) mass is 418 g/mol. The maximum absolute atomic E-state index is 12.8. The van der Waals surface area contributed by atoms with Crippen molar-refractivity contribution in [1.29, 1.82) is 0 Å². The number of carbonyl (C=O) groups excluding carboxylic acids is 1. The van der Waals surface area contributed by atoms with E-state index in [-0.39, 0.29) is 28.7 Å². The summed E-state index contributed by atoms with van der Waals surface area (Å²) >= 11 is 1.10. The zero-order valence-corrected chi connectivity index (χ0v) is 15.9. The van der Waals surface area contributed by atoms with E-state index in [1.165, 1.54) is 6.20 Å². The molecule has 0 saturated carbocycles. The number of sulfone groups is 1. The first-order valence-electron chi connectivity index (χ1n) is 7.91. The van der Waals surface area contributed by atoms with Gasteiger partial charge in [0.1, 0.15) is 5.03 Å². The average Bonchev–Trinajstić information content (AvgIpc) is 2.62. The summed E-state index contributed by atoms with van der Waals surface area (Å²) in [5, 5.41) is 3.11. The third kappa shape index (κ3) is 5.96. The molecule has 1 aromatic heterocycles. The lowest BCUT2D eigenvalue weighted by molar-refractivity contribution is -0.137. The Kier molecular flexibility index (Phi) is 6.88. The van der Waals surface area contributed by atoms with Gasteiger partial charge in [0, 0.05) is 18.4 Å². The number of halogens is 3. The normalized spacial score (nSPS) is 12.0. The van der Waals surface area contributed by atoms with Gasteiger partial charge in [-0.15, -0.1) is 11.8 Å². The van der Waals surface area contributed by atoms with E-state index in [4.69, 9.17) is 0 Å². The van der Waals surface area contributed by atoms with E-state index < -0.39 is 21.6 Å². The summed E-state index contributed by atoms with van der Waals surface area (Å²) in [5.41, 5.74) is -0.545. The Bertz CT molecular complexity index is 916. The fraction of sp³-hybridized carbons (Fsp3) is 0.294. The highest BCUT2D eigenvalue weighted by Gasteiger charge is 2.31. The first kappa shape index (κ1) is 21.2. The van der Waals surface area contributed by atoms with Crippen molar-refractivity contribution in [2.75, 3.05) is 16.8 Å². The molecule has 0 aliphatic rings. The van der Waals surface area contributed by atoms with Gasteiger partial charge >= 0.3 is 6.18 Å². The number of thioether (sulfide) groups is 1. The Morgan fingerprint density at radius 2 is 1.96 bits per heavy atom. The molecule has 0 spiro atoms. The van der Waals surface area contributed by atoms with E-state index in [1.54, 1.807) is 19.1 Å². The first-order chi connectivity index (χ1) is 12.6. The second-order valence-corrected chi connectivity index (χ2v) is 8.64. The number of pyridine rings is 1. The SMILES string of the molecule is CCC(=O)Nc1cccnc1SCCS(=O)(=O)c1cccc(C(F)(F)F)c1. The number of benzene rings is 1. The number of carbonyl (C=O) groups is 1. The molecule has 0 bridgehead atoms. The fourth-order valence-corrected chi connectivity index (χ4v) is 4.71. The van der Waals surface area contributed by atoms with Crippen LogP contribution in [0.2, 0.25) is 0 Å². The topological polar surface area (TPSA) is 76.1 Å². The van der Waals surface area contributed by atoms with Gasteiger partial charge in [-0.1, -0.05) is 13.0 Å². The van der Waals surface area contributed by atoms with Gasteiger partial charge in [-0.05, 0) is 30.3 Å². The number of hydrogen-bond donors (Lipinski definition) is 1. The smallest absolute Gasteiger partial charge is 0.324 e. The lowest BCUT2D eigenvalue weighted by Gasteiger charge is -2.10. The van der Waals surface area contributed by atoms with Crippen LogP contribution >= 0.6 is 11.8 Å². The Balaban J connectivity index is 2.08. The minimum Gasteiger partial charge on any atom is -0.324 e. The van der Waals surface area contributed by atoms with Crippen molar-refractivity contribution >= 4 is 33.2 Å². The zero-order chi connectivity index (χ0) is 20.1. The molecule has 146 valence electrons. The molecule has 1 aromatic carbocycles. The molecule has 2 rings (SSSR count). The summed E-state index contributed by atoms with van der Waals surface area (Å²) < 4.78 is 63.0. The molecule has 1 amide bonds. The molecular weight excluding hydrogens is 401 g/mol. The number of aromatic nitrogens is 1. The van der Waals surface area contributed by atoms with Gasteiger partial charge in [-0.25, -0.2) is 13.4 Å². The lowest BCUT2D eigenvalue weighted by Crippen LogP contribution is -2.13. The van der Waals surface area contributed by atoms with E-state index >= 15 is 0 Å². The molecular formula is C17H17F3N2O3S2. The summed E-state index contributed by atoms with van der Waals surface area (Å²) in [6.07, 6.45) is -2.82. The minimum absolute atomic E-state index is 0.0740. The predicted octanol–water partition coefficient (Wildman–Crippen LogP) is 4.01. The summed E-state index contributed by atoms with van der Waals surface area (Å²) in [6.45, 7) is 1.69. The molecule has 0 fully saturated rings. The number of rotatable bonds is 7. The van der Waals surface area contributed by atoms with Gasteiger partial charge < -0.3 is 5.32 Å². The van der Waals surface area contributed by atoms with Crippen molar-refractivity contribution in [3.8, 4) is 0 Å².